The van der Waals surface area contributed by atoms with Crippen molar-refractivity contribution < 1.29 is 4.52 Å². The summed E-state index contributed by atoms with van der Waals surface area (Å²) in [6.07, 6.45) is 4.76. The van der Waals surface area contributed by atoms with Crippen LogP contribution in [0, 0.1) is 0 Å². The van der Waals surface area contributed by atoms with Crippen LogP contribution in [0.3, 0.4) is 0 Å². The number of thiophene rings is 1. The van der Waals surface area contributed by atoms with E-state index < -0.39 is 0 Å². The normalized spacial score (nSPS) is 11.4. The molecule has 1 aromatic carbocycles. The quantitative estimate of drug-likeness (QED) is 0.458. The van der Waals surface area contributed by atoms with E-state index in [1.807, 2.05) is 47.9 Å². The minimum Gasteiger partial charge on any atom is -0.334 e. The lowest BCUT2D eigenvalue weighted by molar-refractivity contribution is 0.411. The molecule has 0 unspecified atom stereocenters. The molecule has 0 spiro atoms. The van der Waals surface area contributed by atoms with Crippen LogP contribution in [0.25, 0.3) is 34.8 Å². The maximum absolute atomic E-state index is 5.33. The van der Waals surface area contributed by atoms with Gasteiger partial charge in [0.15, 0.2) is 0 Å². The Morgan fingerprint density at radius 3 is 2.76 bits per heavy atom. The molecule has 0 aliphatic heterocycles. The van der Waals surface area contributed by atoms with Crippen LogP contribution in [0.15, 0.2) is 51.7 Å². The average molecular weight is 365 g/mol. The zero-order valence-electron chi connectivity index (χ0n) is 13.5. The Hall–Kier alpha value is -2.57. The van der Waals surface area contributed by atoms with Crippen molar-refractivity contribution in [1.82, 2.24) is 15.1 Å². The van der Waals surface area contributed by atoms with Crippen LogP contribution in [0.5, 0.6) is 0 Å². The van der Waals surface area contributed by atoms with Crippen LogP contribution in [0.2, 0.25) is 0 Å². The molecule has 4 rings (SSSR count). The van der Waals surface area contributed by atoms with Crippen molar-refractivity contribution in [2.45, 2.75) is 13.3 Å². The fourth-order valence-electron chi connectivity index (χ4n) is 2.38. The number of thiazole rings is 1. The van der Waals surface area contributed by atoms with Crippen molar-refractivity contribution in [3.63, 3.8) is 0 Å². The van der Waals surface area contributed by atoms with Crippen molar-refractivity contribution in [3.05, 3.63) is 62.9 Å². The lowest BCUT2D eigenvalue weighted by Crippen LogP contribution is -1.84. The zero-order valence-corrected chi connectivity index (χ0v) is 15.2. The summed E-state index contributed by atoms with van der Waals surface area (Å²) in [5, 5.41) is 9.35. The topological polar surface area (TPSA) is 51.8 Å². The van der Waals surface area contributed by atoms with Crippen LogP contribution in [0.4, 0.5) is 0 Å². The number of hydrogen-bond donors (Lipinski definition) is 0. The van der Waals surface area contributed by atoms with E-state index >= 15 is 0 Å². The third-order valence-electron chi connectivity index (χ3n) is 3.65. The summed E-state index contributed by atoms with van der Waals surface area (Å²) in [4.78, 5) is 10.2. The smallest absolute Gasteiger partial charge is 0.250 e. The summed E-state index contributed by atoms with van der Waals surface area (Å²) in [5.74, 6) is 1.08. The molecule has 0 aliphatic carbocycles. The van der Waals surface area contributed by atoms with Crippen LogP contribution < -0.4 is 0 Å². The van der Waals surface area contributed by atoms with E-state index in [4.69, 9.17) is 4.52 Å². The highest BCUT2D eigenvalue weighted by molar-refractivity contribution is 7.11. The van der Waals surface area contributed by atoms with Gasteiger partial charge in [0.2, 0.25) is 5.82 Å². The summed E-state index contributed by atoms with van der Waals surface area (Å²) >= 11 is 3.35. The van der Waals surface area contributed by atoms with Gasteiger partial charge in [0.25, 0.3) is 5.89 Å². The third-order valence-corrected chi connectivity index (χ3v) is 5.48. The largest absolute Gasteiger partial charge is 0.334 e. The Bertz CT molecular complexity index is 999. The highest BCUT2D eigenvalue weighted by atomic mass is 32.1. The number of aryl methyl sites for hydroxylation is 1. The van der Waals surface area contributed by atoms with Gasteiger partial charge in [-0.05, 0) is 30.0 Å². The van der Waals surface area contributed by atoms with E-state index in [0.29, 0.717) is 11.7 Å². The van der Waals surface area contributed by atoms with Gasteiger partial charge in [-0.25, -0.2) is 4.98 Å². The Morgan fingerprint density at radius 1 is 1.04 bits per heavy atom. The predicted molar refractivity (Wildman–Crippen MR) is 103 cm³/mol. The van der Waals surface area contributed by atoms with E-state index in [-0.39, 0.29) is 0 Å². The van der Waals surface area contributed by atoms with Crippen LogP contribution in [0.1, 0.15) is 22.7 Å². The van der Waals surface area contributed by atoms with Gasteiger partial charge in [0, 0.05) is 27.5 Å². The van der Waals surface area contributed by atoms with Gasteiger partial charge >= 0.3 is 0 Å². The maximum Gasteiger partial charge on any atom is 0.250 e. The van der Waals surface area contributed by atoms with Gasteiger partial charge in [-0.2, -0.15) is 4.98 Å². The summed E-state index contributed by atoms with van der Waals surface area (Å²) in [7, 11) is 0. The number of hydrogen-bond acceptors (Lipinski definition) is 6. The Kier molecular flexibility index (Phi) is 4.54. The fraction of sp³-hybridized carbons (Fsp3) is 0.105. The molecule has 0 saturated heterocycles. The fourth-order valence-corrected chi connectivity index (χ4v) is 3.76. The Balaban J connectivity index is 1.59. The minimum atomic E-state index is 0.496. The van der Waals surface area contributed by atoms with E-state index in [1.54, 1.807) is 22.7 Å². The van der Waals surface area contributed by atoms with Crippen molar-refractivity contribution in [2.75, 3.05) is 0 Å². The zero-order chi connectivity index (χ0) is 17.1. The predicted octanol–water partition coefficient (Wildman–Crippen LogP) is 5.65. The first-order valence-electron chi connectivity index (χ1n) is 7.92. The van der Waals surface area contributed by atoms with E-state index in [9.17, 15) is 0 Å². The van der Waals surface area contributed by atoms with E-state index in [2.05, 4.69) is 33.5 Å². The highest BCUT2D eigenvalue weighted by Crippen LogP contribution is 2.26. The van der Waals surface area contributed by atoms with E-state index in [1.165, 1.54) is 0 Å². The third kappa shape index (κ3) is 3.60. The van der Waals surface area contributed by atoms with Gasteiger partial charge in [-0.15, -0.1) is 22.7 Å². The molecular weight excluding hydrogens is 350 g/mol. The van der Waals surface area contributed by atoms with Gasteiger partial charge in [-0.3, -0.25) is 0 Å². The second-order valence-electron chi connectivity index (χ2n) is 5.37. The first-order chi connectivity index (χ1) is 12.3. The molecule has 4 aromatic rings. The molecule has 0 bridgehead atoms. The second-order valence-corrected chi connectivity index (χ2v) is 7.29. The molecule has 3 heterocycles. The summed E-state index contributed by atoms with van der Waals surface area (Å²) < 4.78 is 5.33. The van der Waals surface area contributed by atoms with Crippen molar-refractivity contribution >= 4 is 34.8 Å². The maximum atomic E-state index is 5.33. The Labute approximate surface area is 153 Å². The molecule has 6 heteroatoms. The highest BCUT2D eigenvalue weighted by Gasteiger charge is 2.09. The van der Waals surface area contributed by atoms with Crippen LogP contribution in [-0.2, 0) is 6.42 Å². The minimum absolute atomic E-state index is 0.496. The average Bonchev–Trinajstić information content (AvgIpc) is 3.41. The SMILES string of the molecule is CCc1nc(-c2cccc(-c3noc(C=Cc4cccs4)n3)c2)cs1. The summed E-state index contributed by atoms with van der Waals surface area (Å²) in [5.41, 5.74) is 2.97. The van der Waals surface area contributed by atoms with Crippen molar-refractivity contribution in [1.29, 1.82) is 0 Å². The van der Waals surface area contributed by atoms with Crippen LogP contribution >= 0.6 is 22.7 Å². The number of rotatable bonds is 5. The molecule has 25 heavy (non-hydrogen) atoms. The van der Waals surface area contributed by atoms with Gasteiger partial charge < -0.3 is 4.52 Å². The summed E-state index contributed by atoms with van der Waals surface area (Å²) in [6, 6.07) is 12.1. The molecule has 0 aliphatic rings. The van der Waals surface area contributed by atoms with Gasteiger partial charge in [0.1, 0.15) is 0 Å². The first kappa shape index (κ1) is 15.9. The lowest BCUT2D eigenvalue weighted by atomic mass is 10.1. The second kappa shape index (κ2) is 7.13. The molecule has 124 valence electrons. The standard InChI is InChI=1S/C19H15N3OS2/c1-2-18-20-16(12-25-18)13-5-3-6-14(11-13)19-21-17(23-22-19)9-8-15-7-4-10-24-15/h3-12H,2H2,1H3. The monoisotopic (exact) mass is 365 g/mol. The van der Waals surface area contributed by atoms with Crippen LogP contribution in [-0.4, -0.2) is 15.1 Å². The van der Waals surface area contributed by atoms with Gasteiger partial charge in [-0.1, -0.05) is 36.3 Å². The Morgan fingerprint density at radius 2 is 1.96 bits per heavy atom. The molecular formula is C19H15N3OS2. The number of benzene rings is 1. The molecule has 0 atom stereocenters. The molecule has 0 radical (unpaired) electrons. The molecule has 3 aromatic heterocycles. The lowest BCUT2D eigenvalue weighted by Gasteiger charge is -1.99. The van der Waals surface area contributed by atoms with E-state index in [0.717, 1.165) is 33.1 Å². The molecule has 4 nitrogen and oxygen atoms in total. The number of aromatic nitrogens is 3. The first-order valence-corrected chi connectivity index (χ1v) is 9.68. The van der Waals surface area contributed by atoms with Crippen molar-refractivity contribution in [3.8, 4) is 22.6 Å². The molecule has 0 saturated carbocycles. The molecule has 0 N–H and O–H groups in total. The summed E-state index contributed by atoms with van der Waals surface area (Å²) in [6.45, 7) is 2.11. The van der Waals surface area contributed by atoms with Crippen molar-refractivity contribution in [2.24, 2.45) is 0 Å². The molecule has 0 fully saturated rings. The van der Waals surface area contributed by atoms with Gasteiger partial charge in [0.05, 0.1) is 10.7 Å². The molecule has 0 amide bonds. The number of nitrogens with zero attached hydrogens (tertiary/aromatic N) is 3.